The lowest BCUT2D eigenvalue weighted by Crippen LogP contribution is -2.11. The van der Waals surface area contributed by atoms with E-state index >= 15 is 0 Å². The van der Waals surface area contributed by atoms with E-state index in [1.54, 1.807) is 6.92 Å². The molecule has 0 atom stereocenters. The van der Waals surface area contributed by atoms with Crippen LogP contribution in [0.4, 0.5) is 18.9 Å². The summed E-state index contributed by atoms with van der Waals surface area (Å²) in [5.41, 5.74) is -2.19. The summed E-state index contributed by atoms with van der Waals surface area (Å²) >= 11 is 0. The lowest BCUT2D eigenvalue weighted by atomic mass is 10.0. The molecule has 0 N–H and O–H groups in total. The Balaban J connectivity index is 3.12. The molecule has 0 spiro atoms. The van der Waals surface area contributed by atoms with E-state index in [0.717, 1.165) is 6.07 Å². The first-order valence-corrected chi connectivity index (χ1v) is 5.62. The lowest BCUT2D eigenvalue weighted by molar-refractivity contribution is -0.388. The molecule has 0 aliphatic carbocycles. The number of ketones is 1. The fraction of sp³-hybridized carbons (Fsp3) is 0.417. The van der Waals surface area contributed by atoms with Crippen molar-refractivity contribution in [1.82, 2.24) is 0 Å². The first kappa shape index (κ1) is 15.1. The Kier molecular flexibility index (Phi) is 4.63. The van der Waals surface area contributed by atoms with Crippen LogP contribution < -0.4 is 0 Å². The number of hydrogen-bond acceptors (Lipinski definition) is 3. The zero-order valence-corrected chi connectivity index (χ0v) is 10.2. The van der Waals surface area contributed by atoms with Crippen molar-refractivity contribution in [2.75, 3.05) is 0 Å². The molecule has 0 aliphatic rings. The van der Waals surface area contributed by atoms with Gasteiger partial charge in [0, 0.05) is 18.9 Å². The van der Waals surface area contributed by atoms with E-state index in [0.29, 0.717) is 12.5 Å². The molecule has 1 rings (SSSR count). The molecule has 0 bridgehead atoms. The summed E-state index contributed by atoms with van der Waals surface area (Å²) in [5.74, 6) is -0.190. The smallest absolute Gasteiger partial charge is 0.299 e. The number of nitro groups is 1. The summed E-state index contributed by atoms with van der Waals surface area (Å²) in [5, 5.41) is 10.5. The Morgan fingerprint density at radius 1 is 1.37 bits per heavy atom. The van der Waals surface area contributed by atoms with E-state index in [1.165, 1.54) is 6.07 Å². The zero-order chi connectivity index (χ0) is 14.6. The maximum atomic E-state index is 12.7. The molecule has 0 saturated carbocycles. The topological polar surface area (TPSA) is 60.2 Å². The van der Waals surface area contributed by atoms with E-state index in [2.05, 4.69) is 0 Å². The van der Waals surface area contributed by atoms with Gasteiger partial charge in [-0.15, -0.1) is 0 Å². The summed E-state index contributed by atoms with van der Waals surface area (Å²) in [6.45, 7) is 1.79. The van der Waals surface area contributed by atoms with Crippen LogP contribution in [0, 0.1) is 10.1 Å². The lowest BCUT2D eigenvalue weighted by Gasteiger charge is -2.09. The normalized spacial score (nSPS) is 11.4. The number of benzene rings is 1. The first-order chi connectivity index (χ1) is 8.75. The summed E-state index contributed by atoms with van der Waals surface area (Å²) in [6, 6.07) is 2.64. The third kappa shape index (κ3) is 4.04. The number of nitro benzene ring substituents is 1. The molecule has 0 heterocycles. The minimum absolute atomic E-state index is 0.136. The average molecular weight is 275 g/mol. The summed E-state index contributed by atoms with van der Waals surface area (Å²) in [7, 11) is 0. The molecule has 104 valence electrons. The summed E-state index contributed by atoms with van der Waals surface area (Å²) in [6.07, 6.45) is -4.07. The first-order valence-electron chi connectivity index (χ1n) is 5.62. The van der Waals surface area contributed by atoms with E-state index in [1.807, 2.05) is 0 Å². The molecule has 7 heteroatoms. The number of nitrogens with zero attached hydrogens (tertiary/aromatic N) is 1. The largest absolute Gasteiger partial charge is 0.423 e. The number of hydrogen-bond donors (Lipinski definition) is 0. The number of rotatable bonds is 5. The van der Waals surface area contributed by atoms with E-state index in [9.17, 15) is 28.1 Å². The van der Waals surface area contributed by atoms with E-state index < -0.39 is 22.4 Å². The number of Topliss-reactive ketones (excluding diaryl/α,β-unsaturated/α-hetero) is 1. The van der Waals surface area contributed by atoms with Gasteiger partial charge in [-0.25, -0.2) is 0 Å². The van der Waals surface area contributed by atoms with Crippen LogP contribution in [-0.4, -0.2) is 10.7 Å². The van der Waals surface area contributed by atoms with Crippen LogP contribution in [0.25, 0.3) is 0 Å². The Morgan fingerprint density at radius 3 is 2.47 bits per heavy atom. The highest BCUT2D eigenvalue weighted by Crippen LogP contribution is 2.36. The van der Waals surface area contributed by atoms with Gasteiger partial charge >= 0.3 is 6.18 Å². The van der Waals surface area contributed by atoms with Crippen molar-refractivity contribution in [3.05, 3.63) is 39.4 Å². The van der Waals surface area contributed by atoms with Crippen molar-refractivity contribution in [3.8, 4) is 0 Å². The van der Waals surface area contributed by atoms with Gasteiger partial charge in [-0.3, -0.25) is 14.9 Å². The van der Waals surface area contributed by atoms with Crippen molar-refractivity contribution < 1.29 is 22.9 Å². The van der Waals surface area contributed by atoms with Gasteiger partial charge in [-0.1, -0.05) is 13.0 Å². The quantitative estimate of drug-likeness (QED) is 0.610. The molecule has 0 aromatic heterocycles. The van der Waals surface area contributed by atoms with Crippen molar-refractivity contribution >= 4 is 11.5 Å². The summed E-state index contributed by atoms with van der Waals surface area (Å²) in [4.78, 5) is 20.8. The highest BCUT2D eigenvalue weighted by molar-refractivity contribution is 5.80. The SMILES string of the molecule is CCCC(=O)Cc1ccc([N+](=O)[O-])c(C(F)(F)F)c1. The van der Waals surface area contributed by atoms with Crippen LogP contribution in [0.2, 0.25) is 0 Å². The summed E-state index contributed by atoms with van der Waals surface area (Å²) < 4.78 is 38.1. The predicted octanol–water partition coefficient (Wildman–Crippen LogP) is 3.53. The van der Waals surface area contributed by atoms with Crippen LogP contribution in [0.3, 0.4) is 0 Å². The van der Waals surface area contributed by atoms with Crippen LogP contribution in [0.15, 0.2) is 18.2 Å². The minimum atomic E-state index is -4.81. The monoisotopic (exact) mass is 275 g/mol. The van der Waals surface area contributed by atoms with E-state index in [4.69, 9.17) is 0 Å². The van der Waals surface area contributed by atoms with Crippen LogP contribution in [0.1, 0.15) is 30.9 Å². The van der Waals surface area contributed by atoms with Crippen molar-refractivity contribution in [2.24, 2.45) is 0 Å². The standard InChI is InChI=1S/C12H12F3NO3/c1-2-3-9(17)6-8-4-5-11(16(18)19)10(7-8)12(13,14)15/h4-5,7H,2-3,6H2,1H3. The molecule has 1 aromatic rings. The second-order valence-corrected chi connectivity index (χ2v) is 4.07. The highest BCUT2D eigenvalue weighted by Gasteiger charge is 2.38. The second kappa shape index (κ2) is 5.81. The van der Waals surface area contributed by atoms with Crippen LogP contribution in [0.5, 0.6) is 0 Å². The van der Waals surface area contributed by atoms with Crippen LogP contribution in [-0.2, 0) is 17.4 Å². The Labute approximate surface area is 107 Å². The minimum Gasteiger partial charge on any atom is -0.299 e. The van der Waals surface area contributed by atoms with Gasteiger partial charge in [0.05, 0.1) is 4.92 Å². The molecule has 0 fully saturated rings. The molecule has 0 radical (unpaired) electrons. The molecule has 19 heavy (non-hydrogen) atoms. The molecule has 0 unspecified atom stereocenters. The van der Waals surface area contributed by atoms with Gasteiger partial charge in [0.15, 0.2) is 0 Å². The fourth-order valence-corrected chi connectivity index (χ4v) is 1.67. The number of carbonyl (C=O) groups excluding carboxylic acids is 1. The van der Waals surface area contributed by atoms with Gasteiger partial charge in [0.2, 0.25) is 0 Å². The Hall–Kier alpha value is -1.92. The average Bonchev–Trinajstić information content (AvgIpc) is 2.27. The van der Waals surface area contributed by atoms with Crippen molar-refractivity contribution in [3.63, 3.8) is 0 Å². The highest BCUT2D eigenvalue weighted by atomic mass is 19.4. The molecule has 0 amide bonds. The van der Waals surface area contributed by atoms with E-state index in [-0.39, 0.29) is 24.2 Å². The van der Waals surface area contributed by atoms with Gasteiger partial charge in [-0.2, -0.15) is 13.2 Å². The van der Waals surface area contributed by atoms with Gasteiger partial charge in [-0.05, 0) is 18.1 Å². The van der Waals surface area contributed by atoms with Gasteiger partial charge in [0.25, 0.3) is 5.69 Å². The number of carbonyl (C=O) groups is 1. The van der Waals surface area contributed by atoms with Gasteiger partial charge in [0.1, 0.15) is 11.3 Å². The third-order valence-corrected chi connectivity index (χ3v) is 2.49. The zero-order valence-electron chi connectivity index (χ0n) is 10.2. The maximum absolute atomic E-state index is 12.7. The molecule has 0 aliphatic heterocycles. The molecular formula is C12H12F3NO3. The van der Waals surface area contributed by atoms with Gasteiger partial charge < -0.3 is 0 Å². The van der Waals surface area contributed by atoms with Crippen molar-refractivity contribution in [2.45, 2.75) is 32.4 Å². The maximum Gasteiger partial charge on any atom is 0.423 e. The fourth-order valence-electron chi connectivity index (χ4n) is 1.67. The Bertz CT molecular complexity index is 497. The molecule has 0 saturated heterocycles. The van der Waals surface area contributed by atoms with Crippen LogP contribution >= 0.6 is 0 Å². The predicted molar refractivity (Wildman–Crippen MR) is 61.7 cm³/mol. The third-order valence-electron chi connectivity index (χ3n) is 2.49. The van der Waals surface area contributed by atoms with Crippen molar-refractivity contribution in [1.29, 1.82) is 0 Å². The second-order valence-electron chi connectivity index (χ2n) is 4.07. The number of halogens is 3. The number of alkyl halides is 3. The molecule has 4 nitrogen and oxygen atoms in total. The molecule has 1 aromatic carbocycles. The Morgan fingerprint density at radius 2 is 2.00 bits per heavy atom. The molecular weight excluding hydrogens is 263 g/mol.